The van der Waals surface area contributed by atoms with Crippen molar-refractivity contribution in [3.05, 3.63) is 0 Å². The van der Waals surface area contributed by atoms with Crippen LogP contribution in [0, 0.1) is 0 Å². The zero-order valence-electron chi connectivity index (χ0n) is 11.7. The Morgan fingerprint density at radius 1 is 0.765 bits per heavy atom. The molecule has 104 valence electrons. The fourth-order valence-corrected chi connectivity index (χ4v) is 2.18. The van der Waals surface area contributed by atoms with E-state index in [1.54, 1.807) is 0 Å². The summed E-state index contributed by atoms with van der Waals surface area (Å²) in [6, 6.07) is 0. The molecule has 0 aliphatic rings. The van der Waals surface area contributed by atoms with Crippen LogP contribution in [0.4, 0.5) is 4.39 Å². The zero-order valence-corrected chi connectivity index (χ0v) is 11.7. The van der Waals surface area contributed by atoms with Gasteiger partial charge in [0.1, 0.15) is 6.17 Å². The summed E-state index contributed by atoms with van der Waals surface area (Å²) in [7, 11) is 0. The molecule has 0 heterocycles. The Bertz CT molecular complexity index is 139. The zero-order chi connectivity index (χ0) is 12.8. The second-order valence-electron chi connectivity index (χ2n) is 5.15. The Labute approximate surface area is 107 Å². The quantitative estimate of drug-likeness (QED) is 0.455. The van der Waals surface area contributed by atoms with Crippen molar-refractivity contribution in [1.82, 2.24) is 0 Å². The van der Waals surface area contributed by atoms with Crippen molar-refractivity contribution in [3.8, 4) is 0 Å². The molecule has 1 unspecified atom stereocenters. The number of hydrogen-bond donors (Lipinski definition) is 1. The summed E-state index contributed by atoms with van der Waals surface area (Å²) in [6.45, 7) is 2.74. The first-order valence-corrected chi connectivity index (χ1v) is 7.65. The third-order valence-corrected chi connectivity index (χ3v) is 3.35. The van der Waals surface area contributed by atoms with Gasteiger partial charge in [-0.2, -0.15) is 0 Å². The molecule has 1 atom stereocenters. The molecule has 1 nitrogen and oxygen atoms in total. The predicted octanol–water partition coefficient (Wildman–Crippen LogP) is 4.98. The molecule has 2 N–H and O–H groups in total. The maximum Gasteiger partial charge on any atom is 0.101 e. The van der Waals surface area contributed by atoms with E-state index >= 15 is 0 Å². The lowest BCUT2D eigenvalue weighted by molar-refractivity contribution is 0.290. The highest BCUT2D eigenvalue weighted by molar-refractivity contribution is 4.57. The fraction of sp³-hybridized carbons (Fsp3) is 1.00. The molecule has 0 radical (unpaired) electrons. The molecule has 0 spiro atoms. The van der Waals surface area contributed by atoms with E-state index in [1.165, 1.54) is 57.8 Å². The van der Waals surface area contributed by atoms with Crippen molar-refractivity contribution >= 4 is 0 Å². The molecule has 0 fully saturated rings. The molecule has 0 aromatic heterocycles. The second kappa shape index (κ2) is 14.0. The molecule has 0 aliphatic carbocycles. The van der Waals surface area contributed by atoms with Gasteiger partial charge in [-0.15, -0.1) is 0 Å². The number of rotatable bonds is 13. The summed E-state index contributed by atoms with van der Waals surface area (Å²) in [5, 5.41) is 0. The normalized spacial score (nSPS) is 12.9. The molecule has 0 aromatic carbocycles. The molecule has 0 saturated heterocycles. The maximum absolute atomic E-state index is 13.1. The Morgan fingerprint density at radius 3 is 1.71 bits per heavy atom. The van der Waals surface area contributed by atoms with Crippen LogP contribution in [0.3, 0.4) is 0 Å². The maximum atomic E-state index is 13.1. The number of hydrogen-bond acceptors (Lipinski definition) is 1. The van der Waals surface area contributed by atoms with Gasteiger partial charge in [-0.05, 0) is 19.4 Å². The highest BCUT2D eigenvalue weighted by atomic mass is 19.1. The number of alkyl halides is 1. The van der Waals surface area contributed by atoms with E-state index in [-0.39, 0.29) is 0 Å². The molecule has 0 aromatic rings. The molecule has 0 aliphatic heterocycles. The van der Waals surface area contributed by atoms with Crippen molar-refractivity contribution in [2.24, 2.45) is 5.73 Å². The Morgan fingerprint density at radius 2 is 1.24 bits per heavy atom. The second-order valence-corrected chi connectivity index (χ2v) is 5.15. The molecule has 0 bridgehead atoms. The third-order valence-electron chi connectivity index (χ3n) is 3.35. The highest BCUT2D eigenvalue weighted by Crippen LogP contribution is 2.13. The Kier molecular flexibility index (Phi) is 13.9. The van der Waals surface area contributed by atoms with Crippen LogP contribution >= 0.6 is 0 Å². The smallest absolute Gasteiger partial charge is 0.101 e. The van der Waals surface area contributed by atoms with Gasteiger partial charge >= 0.3 is 0 Å². The first-order valence-electron chi connectivity index (χ1n) is 7.65. The summed E-state index contributed by atoms with van der Waals surface area (Å²) in [6.07, 6.45) is 13.7. The average molecular weight is 245 g/mol. The monoisotopic (exact) mass is 245 g/mol. The fourth-order valence-electron chi connectivity index (χ4n) is 2.18. The minimum Gasteiger partial charge on any atom is -0.330 e. The molecular formula is C15H32FN. The largest absolute Gasteiger partial charge is 0.330 e. The van der Waals surface area contributed by atoms with Crippen LogP contribution in [0.1, 0.15) is 84.0 Å². The third kappa shape index (κ3) is 13.8. The number of halogens is 1. The van der Waals surface area contributed by atoms with Crippen molar-refractivity contribution in [2.75, 3.05) is 6.54 Å². The standard InChI is InChI=1S/C15H32FN/c1-2-3-4-5-6-7-8-9-10-11-12-15(16)13-14-17/h15H,2-14,17H2,1H3. The van der Waals surface area contributed by atoms with Crippen LogP contribution in [0.2, 0.25) is 0 Å². The van der Waals surface area contributed by atoms with Crippen LogP contribution in [0.5, 0.6) is 0 Å². The lowest BCUT2D eigenvalue weighted by Gasteiger charge is -2.06. The van der Waals surface area contributed by atoms with Gasteiger partial charge in [-0.1, -0.05) is 71.1 Å². The molecule has 0 amide bonds. The highest BCUT2D eigenvalue weighted by Gasteiger charge is 2.03. The van der Waals surface area contributed by atoms with E-state index in [0.717, 1.165) is 6.42 Å². The van der Waals surface area contributed by atoms with Crippen LogP contribution in [0.25, 0.3) is 0 Å². The first-order chi connectivity index (χ1) is 8.31. The average Bonchev–Trinajstić information content (AvgIpc) is 2.32. The molecular weight excluding hydrogens is 213 g/mol. The summed E-state index contributed by atoms with van der Waals surface area (Å²) in [4.78, 5) is 0. The van der Waals surface area contributed by atoms with Gasteiger partial charge in [0.15, 0.2) is 0 Å². The molecule has 0 saturated carbocycles. The van der Waals surface area contributed by atoms with Crippen molar-refractivity contribution < 1.29 is 4.39 Å². The Balaban J connectivity index is 2.98. The first kappa shape index (κ1) is 16.9. The Hall–Kier alpha value is -0.110. The van der Waals surface area contributed by atoms with Gasteiger partial charge in [0.2, 0.25) is 0 Å². The molecule has 2 heteroatoms. The van der Waals surface area contributed by atoms with Crippen molar-refractivity contribution in [3.63, 3.8) is 0 Å². The van der Waals surface area contributed by atoms with E-state index in [9.17, 15) is 4.39 Å². The van der Waals surface area contributed by atoms with Gasteiger partial charge < -0.3 is 5.73 Å². The lowest BCUT2D eigenvalue weighted by Crippen LogP contribution is -2.08. The van der Waals surface area contributed by atoms with Crippen LogP contribution < -0.4 is 5.73 Å². The summed E-state index contributed by atoms with van der Waals surface area (Å²) < 4.78 is 13.1. The van der Waals surface area contributed by atoms with Gasteiger partial charge in [0.05, 0.1) is 0 Å². The van der Waals surface area contributed by atoms with Gasteiger partial charge in [-0.25, -0.2) is 4.39 Å². The van der Waals surface area contributed by atoms with Gasteiger partial charge in [0, 0.05) is 0 Å². The SMILES string of the molecule is CCCCCCCCCCCCC(F)CCN. The van der Waals surface area contributed by atoms with E-state index in [0.29, 0.717) is 19.4 Å². The summed E-state index contributed by atoms with van der Waals surface area (Å²) in [5.41, 5.74) is 5.31. The van der Waals surface area contributed by atoms with Crippen LogP contribution in [-0.4, -0.2) is 12.7 Å². The number of nitrogens with two attached hydrogens (primary N) is 1. The lowest BCUT2D eigenvalue weighted by atomic mass is 10.0. The minimum atomic E-state index is -0.658. The summed E-state index contributed by atoms with van der Waals surface area (Å²) in [5.74, 6) is 0. The van der Waals surface area contributed by atoms with Crippen molar-refractivity contribution in [2.45, 2.75) is 90.1 Å². The van der Waals surface area contributed by atoms with E-state index < -0.39 is 6.17 Å². The topological polar surface area (TPSA) is 26.0 Å². The number of unbranched alkanes of at least 4 members (excludes halogenated alkanes) is 9. The summed E-state index contributed by atoms with van der Waals surface area (Å²) >= 11 is 0. The predicted molar refractivity (Wildman–Crippen MR) is 75.0 cm³/mol. The van der Waals surface area contributed by atoms with Crippen LogP contribution in [-0.2, 0) is 0 Å². The van der Waals surface area contributed by atoms with Crippen LogP contribution in [0.15, 0.2) is 0 Å². The van der Waals surface area contributed by atoms with E-state index in [1.807, 2.05) is 0 Å². The van der Waals surface area contributed by atoms with Crippen molar-refractivity contribution in [1.29, 1.82) is 0 Å². The van der Waals surface area contributed by atoms with E-state index in [4.69, 9.17) is 5.73 Å². The van der Waals surface area contributed by atoms with E-state index in [2.05, 4.69) is 6.92 Å². The minimum absolute atomic E-state index is 0.485. The van der Waals surface area contributed by atoms with Gasteiger partial charge in [-0.3, -0.25) is 0 Å². The van der Waals surface area contributed by atoms with Gasteiger partial charge in [0.25, 0.3) is 0 Å². The molecule has 17 heavy (non-hydrogen) atoms. The molecule has 0 rings (SSSR count).